The minimum absolute atomic E-state index is 0.139. The van der Waals surface area contributed by atoms with Gasteiger partial charge in [-0.15, -0.1) is 0 Å². The summed E-state index contributed by atoms with van der Waals surface area (Å²) in [5.41, 5.74) is 3.24. The van der Waals surface area contributed by atoms with Gasteiger partial charge >= 0.3 is 0 Å². The third-order valence-electron chi connectivity index (χ3n) is 4.78. The van der Waals surface area contributed by atoms with Crippen molar-refractivity contribution in [1.29, 1.82) is 0 Å². The van der Waals surface area contributed by atoms with E-state index in [1.807, 2.05) is 31.2 Å². The van der Waals surface area contributed by atoms with Gasteiger partial charge in [0.15, 0.2) is 0 Å². The number of aromatic nitrogens is 2. The quantitative estimate of drug-likeness (QED) is 0.528. The van der Waals surface area contributed by atoms with E-state index in [0.717, 1.165) is 5.56 Å². The number of nitrogens with one attached hydrogen (secondary N) is 1. The second-order valence-electron chi connectivity index (χ2n) is 6.78. The molecule has 3 aromatic carbocycles. The molecule has 0 aliphatic heterocycles. The van der Waals surface area contributed by atoms with Gasteiger partial charge in [-0.3, -0.25) is 14.2 Å². The number of carbonyl (C=O) groups excluding carboxylic acids is 1. The first-order chi connectivity index (χ1) is 13.9. The van der Waals surface area contributed by atoms with Gasteiger partial charge in [-0.2, -0.15) is 0 Å². The smallest absolute Gasteiger partial charge is 0.265 e. The Morgan fingerprint density at radius 2 is 1.72 bits per heavy atom. The molecule has 0 spiro atoms. The Balaban J connectivity index is 1.66. The van der Waals surface area contributed by atoms with Crippen molar-refractivity contribution in [3.63, 3.8) is 0 Å². The van der Waals surface area contributed by atoms with Gasteiger partial charge in [-0.05, 0) is 67.9 Å². The fourth-order valence-corrected chi connectivity index (χ4v) is 3.41. The second kappa shape index (κ2) is 7.53. The molecule has 4 aromatic rings. The third kappa shape index (κ3) is 3.65. The van der Waals surface area contributed by atoms with Gasteiger partial charge in [0, 0.05) is 16.3 Å². The molecule has 1 N–H and O–H groups in total. The van der Waals surface area contributed by atoms with E-state index in [1.165, 1.54) is 0 Å². The number of hydrogen-bond acceptors (Lipinski definition) is 3. The number of halogens is 1. The van der Waals surface area contributed by atoms with E-state index in [4.69, 9.17) is 11.6 Å². The van der Waals surface area contributed by atoms with E-state index in [-0.39, 0.29) is 11.5 Å². The molecule has 4 rings (SSSR count). The molecule has 0 saturated carbocycles. The lowest BCUT2D eigenvalue weighted by atomic mass is 10.1. The molecule has 1 amide bonds. The molecule has 29 heavy (non-hydrogen) atoms. The maximum absolute atomic E-state index is 12.9. The molecule has 0 unspecified atom stereocenters. The van der Waals surface area contributed by atoms with Crippen LogP contribution >= 0.6 is 11.6 Å². The fraction of sp³-hybridized carbons (Fsp3) is 0.0870. The van der Waals surface area contributed by atoms with Crippen molar-refractivity contribution in [2.24, 2.45) is 0 Å². The summed E-state index contributed by atoms with van der Waals surface area (Å²) >= 11 is 6.02. The Bertz CT molecular complexity index is 1290. The molecule has 0 aliphatic carbocycles. The van der Waals surface area contributed by atoms with Crippen LogP contribution in [0.4, 0.5) is 5.69 Å². The highest BCUT2D eigenvalue weighted by atomic mass is 35.5. The first-order valence-electron chi connectivity index (χ1n) is 9.10. The monoisotopic (exact) mass is 403 g/mol. The lowest BCUT2D eigenvalue weighted by Crippen LogP contribution is -2.22. The Morgan fingerprint density at radius 1 is 1.00 bits per heavy atom. The highest BCUT2D eigenvalue weighted by Crippen LogP contribution is 2.21. The molecule has 5 nitrogen and oxygen atoms in total. The summed E-state index contributed by atoms with van der Waals surface area (Å²) < 4.78 is 1.55. The van der Waals surface area contributed by atoms with Crippen molar-refractivity contribution in [2.75, 3.05) is 5.32 Å². The first-order valence-corrected chi connectivity index (χ1v) is 9.48. The maximum Gasteiger partial charge on any atom is 0.265 e. The van der Waals surface area contributed by atoms with Crippen molar-refractivity contribution in [3.8, 4) is 5.69 Å². The summed E-state index contributed by atoms with van der Waals surface area (Å²) in [7, 11) is 0. The molecule has 0 fully saturated rings. The molecular weight excluding hydrogens is 386 g/mol. The fourth-order valence-electron chi connectivity index (χ4n) is 3.23. The maximum atomic E-state index is 12.9. The normalized spacial score (nSPS) is 10.9. The van der Waals surface area contributed by atoms with Gasteiger partial charge in [-0.1, -0.05) is 29.8 Å². The predicted octanol–water partition coefficient (Wildman–Crippen LogP) is 4.91. The van der Waals surface area contributed by atoms with Crippen LogP contribution in [0.2, 0.25) is 5.02 Å². The summed E-state index contributed by atoms with van der Waals surface area (Å²) in [5, 5.41) is 3.98. The molecular formula is C23H18ClN3O2. The lowest BCUT2D eigenvalue weighted by Gasteiger charge is -2.12. The molecule has 1 heterocycles. The largest absolute Gasteiger partial charge is 0.322 e. The zero-order valence-electron chi connectivity index (χ0n) is 15.9. The SMILES string of the molecule is Cc1ccc(Cl)cc1NC(=O)c1ccc(-n2c(C)nc3ccccc3c2=O)cc1. The van der Waals surface area contributed by atoms with Crippen molar-refractivity contribution in [1.82, 2.24) is 9.55 Å². The summed E-state index contributed by atoms with van der Waals surface area (Å²) in [5.74, 6) is 0.336. The summed E-state index contributed by atoms with van der Waals surface area (Å²) in [6.07, 6.45) is 0. The number of benzene rings is 3. The Kier molecular flexibility index (Phi) is 4.91. The molecule has 0 saturated heterocycles. The molecule has 1 aromatic heterocycles. The van der Waals surface area contributed by atoms with Gasteiger partial charge in [0.1, 0.15) is 5.82 Å². The van der Waals surface area contributed by atoms with Gasteiger partial charge < -0.3 is 5.32 Å². The van der Waals surface area contributed by atoms with E-state index in [1.54, 1.807) is 54.0 Å². The van der Waals surface area contributed by atoms with Crippen LogP contribution in [0.5, 0.6) is 0 Å². The average Bonchev–Trinajstić information content (AvgIpc) is 2.71. The van der Waals surface area contributed by atoms with Crippen LogP contribution in [0.25, 0.3) is 16.6 Å². The number of hydrogen-bond donors (Lipinski definition) is 1. The number of rotatable bonds is 3. The Labute approximate surface area is 172 Å². The number of nitrogens with zero attached hydrogens (tertiary/aromatic N) is 2. The molecule has 0 atom stereocenters. The molecule has 0 bridgehead atoms. The minimum atomic E-state index is -0.248. The van der Waals surface area contributed by atoms with Gasteiger partial charge in [0.2, 0.25) is 0 Å². The number of anilines is 1. The van der Waals surface area contributed by atoms with E-state index < -0.39 is 0 Å². The minimum Gasteiger partial charge on any atom is -0.322 e. The van der Waals surface area contributed by atoms with Crippen LogP contribution in [0.15, 0.2) is 71.5 Å². The topological polar surface area (TPSA) is 64.0 Å². The standard InChI is InChI=1S/C23H18ClN3O2/c1-14-7-10-17(24)13-21(14)26-22(28)16-8-11-18(12-9-16)27-15(2)25-20-6-4-3-5-19(20)23(27)29/h3-13H,1-2H3,(H,26,28). The molecule has 6 heteroatoms. The second-order valence-corrected chi connectivity index (χ2v) is 7.21. The number of carbonyl (C=O) groups is 1. The number of para-hydroxylation sites is 1. The van der Waals surface area contributed by atoms with E-state index in [2.05, 4.69) is 10.3 Å². The van der Waals surface area contributed by atoms with Crippen molar-refractivity contribution >= 4 is 34.1 Å². The average molecular weight is 404 g/mol. The summed E-state index contributed by atoms with van der Waals surface area (Å²) in [6, 6.07) is 19.4. The Hall–Kier alpha value is -3.44. The van der Waals surface area contributed by atoms with Crippen LogP contribution in [-0.2, 0) is 0 Å². The molecule has 144 valence electrons. The van der Waals surface area contributed by atoms with Crippen LogP contribution in [0.3, 0.4) is 0 Å². The summed E-state index contributed by atoms with van der Waals surface area (Å²) in [4.78, 5) is 30.0. The highest BCUT2D eigenvalue weighted by Gasteiger charge is 2.12. The molecule has 0 aliphatic rings. The first kappa shape index (κ1) is 18.9. The summed E-state index contributed by atoms with van der Waals surface area (Å²) in [6.45, 7) is 3.69. The van der Waals surface area contributed by atoms with Crippen LogP contribution in [0, 0.1) is 13.8 Å². The van der Waals surface area contributed by atoms with E-state index >= 15 is 0 Å². The lowest BCUT2D eigenvalue weighted by molar-refractivity contribution is 0.102. The Morgan fingerprint density at radius 3 is 2.48 bits per heavy atom. The van der Waals surface area contributed by atoms with Gasteiger partial charge in [0.25, 0.3) is 11.5 Å². The van der Waals surface area contributed by atoms with Crippen molar-refractivity contribution < 1.29 is 4.79 Å². The van der Waals surface area contributed by atoms with E-state index in [0.29, 0.717) is 38.7 Å². The molecule has 0 radical (unpaired) electrons. The van der Waals surface area contributed by atoms with Crippen LogP contribution in [-0.4, -0.2) is 15.5 Å². The number of fused-ring (bicyclic) bond motifs is 1. The van der Waals surface area contributed by atoms with Gasteiger partial charge in [-0.25, -0.2) is 4.98 Å². The number of amides is 1. The zero-order chi connectivity index (χ0) is 20.5. The van der Waals surface area contributed by atoms with Gasteiger partial charge in [0.05, 0.1) is 16.6 Å². The van der Waals surface area contributed by atoms with Crippen molar-refractivity contribution in [2.45, 2.75) is 13.8 Å². The zero-order valence-corrected chi connectivity index (χ0v) is 16.7. The van der Waals surface area contributed by atoms with Crippen LogP contribution < -0.4 is 10.9 Å². The highest BCUT2D eigenvalue weighted by molar-refractivity contribution is 6.31. The van der Waals surface area contributed by atoms with E-state index in [9.17, 15) is 9.59 Å². The third-order valence-corrected chi connectivity index (χ3v) is 5.01. The number of aryl methyl sites for hydroxylation is 2. The predicted molar refractivity (Wildman–Crippen MR) is 116 cm³/mol. The van der Waals surface area contributed by atoms with Crippen LogP contribution in [0.1, 0.15) is 21.7 Å². The van der Waals surface area contributed by atoms with Crippen molar-refractivity contribution in [3.05, 3.63) is 99.1 Å².